The van der Waals surface area contributed by atoms with Gasteiger partial charge in [-0.15, -0.1) is 28.2 Å². The molecule has 1 unspecified atom stereocenters. The molecule has 5 rings (SSSR count). The molecule has 2 aromatic heterocycles. The first-order chi connectivity index (χ1) is 19.7. The third kappa shape index (κ3) is 6.10. The molecule has 14 nitrogen and oxygen atoms in total. The maximum atomic E-state index is 13.0. The fourth-order valence-electron chi connectivity index (χ4n) is 4.17. The number of β-lactam (4-membered cyclic amide) rings is 1. The summed E-state index contributed by atoms with van der Waals surface area (Å²) < 4.78 is 6.44. The Balaban J connectivity index is 1.22. The van der Waals surface area contributed by atoms with E-state index in [1.165, 1.54) is 11.8 Å². The van der Waals surface area contributed by atoms with E-state index in [1.54, 1.807) is 41.8 Å². The maximum Gasteiger partial charge on any atom is 0.353 e. The van der Waals surface area contributed by atoms with Crippen molar-refractivity contribution < 1.29 is 38.9 Å². The van der Waals surface area contributed by atoms with E-state index in [1.807, 2.05) is 0 Å². The highest BCUT2D eigenvalue weighted by Crippen LogP contribution is 2.41. The lowest BCUT2D eigenvalue weighted by Crippen LogP contribution is -2.70. The Kier molecular flexibility index (Phi) is 8.36. The van der Waals surface area contributed by atoms with Gasteiger partial charge in [-0.05, 0) is 45.1 Å². The number of hydrogen-bond acceptors (Lipinski definition) is 12. The zero-order valence-corrected chi connectivity index (χ0v) is 23.3. The summed E-state index contributed by atoms with van der Waals surface area (Å²) in [5, 5.41) is 33.6. The normalized spacial score (nSPS) is 18.0. The summed E-state index contributed by atoms with van der Waals surface area (Å²) in [6, 6.07) is 9.23. The Hall–Kier alpha value is -4.22. The second kappa shape index (κ2) is 12.1. The summed E-state index contributed by atoms with van der Waals surface area (Å²) in [4.78, 5) is 63.0. The first-order valence-electron chi connectivity index (χ1n) is 11.9. The molecule has 17 heteroatoms. The van der Waals surface area contributed by atoms with Crippen molar-refractivity contribution in [2.75, 3.05) is 11.5 Å². The number of carbonyl (C=O) groups is 5. The van der Waals surface area contributed by atoms with Crippen molar-refractivity contribution in [1.29, 1.82) is 0 Å². The number of benzene rings is 1. The van der Waals surface area contributed by atoms with Crippen LogP contribution in [0.4, 0.5) is 0 Å². The minimum absolute atomic E-state index is 0.113. The molecule has 2 aliphatic heterocycles. The number of carbonyl (C=O) groups excluding carboxylic acids is 3. The third-order valence-electron chi connectivity index (χ3n) is 5.96. The van der Waals surface area contributed by atoms with Crippen molar-refractivity contribution >= 4 is 64.6 Å². The Bertz CT molecular complexity index is 1560. The number of thioether (sulfide) groups is 2. The number of fused-ring (bicyclic) bond motifs is 1. The van der Waals surface area contributed by atoms with E-state index in [4.69, 9.17) is 9.84 Å². The zero-order chi connectivity index (χ0) is 29.1. The van der Waals surface area contributed by atoms with Gasteiger partial charge in [0.05, 0.1) is 6.42 Å². The number of aromatic nitrogens is 4. The molecule has 1 fully saturated rings. The van der Waals surface area contributed by atoms with E-state index in [9.17, 15) is 29.1 Å². The highest BCUT2D eigenvalue weighted by molar-refractivity contribution is 8.01. The molecule has 0 radical (unpaired) electrons. The molecule has 1 saturated heterocycles. The third-order valence-corrected chi connectivity index (χ3v) is 9.28. The van der Waals surface area contributed by atoms with Gasteiger partial charge in [0.2, 0.25) is 11.1 Å². The molecular formula is C24H20N6O8S3. The van der Waals surface area contributed by atoms with Crippen molar-refractivity contribution in [3.63, 3.8) is 0 Å². The summed E-state index contributed by atoms with van der Waals surface area (Å²) in [6.45, 7) is -0.454. The van der Waals surface area contributed by atoms with Crippen LogP contribution in [0.5, 0.6) is 5.75 Å². The van der Waals surface area contributed by atoms with E-state index in [2.05, 4.69) is 20.8 Å². The number of amides is 2. The highest BCUT2D eigenvalue weighted by Gasteiger charge is 2.54. The average molecular weight is 617 g/mol. The van der Waals surface area contributed by atoms with Crippen LogP contribution in [0.15, 0.2) is 58.2 Å². The van der Waals surface area contributed by atoms with Crippen molar-refractivity contribution in [1.82, 2.24) is 30.4 Å². The average Bonchev–Trinajstić information content (AvgIpc) is 3.59. The molecule has 212 valence electrons. The van der Waals surface area contributed by atoms with Gasteiger partial charge in [0.1, 0.15) is 34.3 Å². The predicted octanol–water partition coefficient (Wildman–Crippen LogP) is 1.11. The number of thiophene rings is 1. The van der Waals surface area contributed by atoms with Crippen LogP contribution in [0.25, 0.3) is 0 Å². The van der Waals surface area contributed by atoms with Crippen LogP contribution < -0.4 is 10.1 Å². The Morgan fingerprint density at radius 2 is 1.93 bits per heavy atom. The van der Waals surface area contributed by atoms with E-state index >= 15 is 0 Å². The molecule has 0 saturated carbocycles. The fourth-order valence-corrected chi connectivity index (χ4v) is 7.33. The minimum atomic E-state index is -1.30. The number of esters is 1. The van der Waals surface area contributed by atoms with Crippen LogP contribution in [0, 0.1) is 0 Å². The first kappa shape index (κ1) is 28.3. The molecule has 2 aliphatic rings. The van der Waals surface area contributed by atoms with Crippen LogP contribution in [0.2, 0.25) is 0 Å². The van der Waals surface area contributed by atoms with Crippen molar-refractivity contribution in [2.45, 2.75) is 29.5 Å². The van der Waals surface area contributed by atoms with Crippen LogP contribution in [0.1, 0.15) is 15.2 Å². The molecule has 0 spiro atoms. The van der Waals surface area contributed by atoms with Gasteiger partial charge in [-0.25, -0.2) is 14.3 Å². The Labute approximate surface area is 243 Å². The summed E-state index contributed by atoms with van der Waals surface area (Å²) >= 11 is 3.49. The molecule has 0 bridgehead atoms. The van der Waals surface area contributed by atoms with Crippen LogP contribution >= 0.6 is 34.9 Å². The van der Waals surface area contributed by atoms with Crippen molar-refractivity contribution in [3.05, 3.63) is 63.5 Å². The second-order valence-electron chi connectivity index (χ2n) is 8.67. The van der Waals surface area contributed by atoms with Gasteiger partial charge in [-0.2, -0.15) is 0 Å². The summed E-state index contributed by atoms with van der Waals surface area (Å²) in [5.74, 6) is -3.35. The van der Waals surface area contributed by atoms with E-state index in [0.717, 1.165) is 32.7 Å². The van der Waals surface area contributed by atoms with Crippen molar-refractivity contribution in [3.8, 4) is 5.75 Å². The standard InChI is InChI=1S/C24H20N6O8S3/c31-15(8-12-6-7-39-19(12)23(37)38-14-4-2-1-3-5-14)25-17-20(34)30-18(22(35)36)13(10-40-21(17)30)11-41-24-26-27-28-29(24)9-16(32)33/h1-7,17,21H,8-11H2,(H,25,31)(H,32,33)(H,35,36)/t17?,21-/m1/s1. The Morgan fingerprint density at radius 1 is 1.15 bits per heavy atom. The maximum absolute atomic E-state index is 13.0. The minimum Gasteiger partial charge on any atom is -0.480 e. The number of nitrogens with zero attached hydrogens (tertiary/aromatic N) is 5. The van der Waals surface area contributed by atoms with E-state index < -0.39 is 47.7 Å². The molecular weight excluding hydrogens is 596 g/mol. The first-order valence-corrected chi connectivity index (χ1v) is 14.8. The monoisotopic (exact) mass is 616 g/mol. The molecule has 2 atom stereocenters. The number of nitrogens with one attached hydrogen (secondary N) is 1. The molecule has 3 N–H and O–H groups in total. The number of carboxylic acid groups (broad SMARTS) is 2. The number of aliphatic carboxylic acids is 2. The fraction of sp³-hybridized carbons (Fsp3) is 0.250. The van der Waals surface area contributed by atoms with E-state index in [0.29, 0.717) is 16.9 Å². The SMILES string of the molecule is O=C(O)Cn1nnnc1SCC1=C(C(=O)O)N2C(=O)C(NC(=O)Cc3ccsc3C(=O)Oc3ccccc3)[C@H]2SC1. The number of tetrazole rings is 1. The number of carboxylic acids is 2. The van der Waals surface area contributed by atoms with Crippen LogP contribution in [0.3, 0.4) is 0 Å². The summed E-state index contributed by atoms with van der Waals surface area (Å²) in [6.07, 6.45) is -0.168. The van der Waals surface area contributed by atoms with Gasteiger partial charge >= 0.3 is 17.9 Å². The van der Waals surface area contributed by atoms with E-state index in [-0.39, 0.29) is 33.7 Å². The van der Waals surface area contributed by atoms with Gasteiger partial charge in [0.15, 0.2) is 0 Å². The zero-order valence-electron chi connectivity index (χ0n) is 20.8. The van der Waals surface area contributed by atoms with Gasteiger partial charge in [0, 0.05) is 11.5 Å². The number of hydrogen-bond donors (Lipinski definition) is 3. The highest BCUT2D eigenvalue weighted by atomic mass is 32.2. The molecule has 4 heterocycles. The second-order valence-corrected chi connectivity index (χ2v) is 11.6. The molecule has 0 aliphatic carbocycles. The lowest BCUT2D eigenvalue weighted by atomic mass is 10.0. The smallest absolute Gasteiger partial charge is 0.353 e. The molecule has 41 heavy (non-hydrogen) atoms. The largest absolute Gasteiger partial charge is 0.480 e. The van der Waals surface area contributed by atoms with Crippen molar-refractivity contribution in [2.24, 2.45) is 0 Å². The quantitative estimate of drug-likeness (QED) is 0.120. The molecule has 1 aromatic carbocycles. The van der Waals surface area contributed by atoms with Crippen LogP contribution in [-0.4, -0.2) is 88.0 Å². The molecule has 3 aromatic rings. The number of para-hydroxylation sites is 1. The Morgan fingerprint density at radius 3 is 2.66 bits per heavy atom. The summed E-state index contributed by atoms with van der Waals surface area (Å²) in [7, 11) is 0. The van der Waals surface area contributed by atoms with Gasteiger partial charge < -0.3 is 20.3 Å². The van der Waals surface area contributed by atoms with Gasteiger partial charge in [-0.1, -0.05) is 30.0 Å². The number of rotatable bonds is 11. The lowest BCUT2D eigenvalue weighted by Gasteiger charge is -2.49. The van der Waals surface area contributed by atoms with Gasteiger partial charge in [-0.3, -0.25) is 19.3 Å². The molecule has 2 amide bonds. The van der Waals surface area contributed by atoms with Crippen LogP contribution in [-0.2, 0) is 32.1 Å². The number of ether oxygens (including phenoxy) is 1. The summed E-state index contributed by atoms with van der Waals surface area (Å²) in [5.41, 5.74) is 0.702. The topological polar surface area (TPSA) is 194 Å². The predicted molar refractivity (Wildman–Crippen MR) is 145 cm³/mol. The lowest BCUT2D eigenvalue weighted by molar-refractivity contribution is -0.150. The van der Waals surface area contributed by atoms with Gasteiger partial charge in [0.25, 0.3) is 5.91 Å².